The second-order valence-electron chi connectivity index (χ2n) is 4.95. The Morgan fingerprint density at radius 1 is 1.22 bits per heavy atom. The van der Waals surface area contributed by atoms with Crippen LogP contribution in [0.4, 0.5) is 0 Å². The second kappa shape index (κ2) is 6.46. The van der Waals surface area contributed by atoms with Crippen LogP contribution in [0.2, 0.25) is 0 Å². The molecule has 1 aromatic carbocycles. The standard InChI is InChI=1S/C12H18NO4.HI/c1-13(2,3)9-12(15,16)17-11(14)10-7-5-4-6-8-10;/h4-8,15-16H,9H2,1-3H3;1H/q+1;/p-1. The fourth-order valence-electron chi connectivity index (χ4n) is 1.43. The summed E-state index contributed by atoms with van der Waals surface area (Å²) in [6.45, 7) is -0.119. The monoisotopic (exact) mass is 367 g/mol. The Morgan fingerprint density at radius 2 is 1.72 bits per heavy atom. The molecule has 0 aliphatic rings. The summed E-state index contributed by atoms with van der Waals surface area (Å²) < 4.78 is 4.92. The summed E-state index contributed by atoms with van der Waals surface area (Å²) in [5.74, 6) is -3.23. The molecule has 0 spiro atoms. The third kappa shape index (κ3) is 6.29. The van der Waals surface area contributed by atoms with Crippen LogP contribution >= 0.6 is 0 Å². The lowest BCUT2D eigenvalue weighted by Crippen LogP contribution is -3.00. The first kappa shape index (κ1) is 17.3. The zero-order chi connectivity index (χ0) is 13.1. The lowest BCUT2D eigenvalue weighted by molar-refractivity contribution is -0.885. The van der Waals surface area contributed by atoms with Crippen LogP contribution in [0.3, 0.4) is 0 Å². The van der Waals surface area contributed by atoms with Gasteiger partial charge in [-0.3, -0.25) is 0 Å². The summed E-state index contributed by atoms with van der Waals surface area (Å²) in [4.78, 5) is 11.6. The van der Waals surface area contributed by atoms with Gasteiger partial charge in [0.25, 0.3) is 0 Å². The largest absolute Gasteiger partial charge is 1.00 e. The van der Waals surface area contributed by atoms with E-state index in [1.165, 1.54) is 0 Å². The molecule has 102 valence electrons. The highest BCUT2D eigenvalue weighted by Crippen LogP contribution is 2.11. The molecule has 18 heavy (non-hydrogen) atoms. The molecule has 1 rings (SSSR count). The van der Waals surface area contributed by atoms with Crippen molar-refractivity contribution >= 4 is 5.97 Å². The van der Waals surface area contributed by atoms with Crippen molar-refractivity contribution in [2.45, 2.75) is 5.97 Å². The number of quaternary nitrogens is 1. The predicted octanol–water partition coefficient (Wildman–Crippen LogP) is -2.81. The van der Waals surface area contributed by atoms with Crippen molar-refractivity contribution in [1.29, 1.82) is 0 Å². The van der Waals surface area contributed by atoms with Crippen LogP contribution in [0, 0.1) is 0 Å². The number of carbonyl (C=O) groups is 1. The van der Waals surface area contributed by atoms with Gasteiger partial charge >= 0.3 is 11.9 Å². The Hall–Kier alpha value is -0.700. The van der Waals surface area contributed by atoms with Gasteiger partial charge < -0.3 is 43.4 Å². The summed E-state index contributed by atoms with van der Waals surface area (Å²) in [6.07, 6.45) is 0. The fraction of sp³-hybridized carbons (Fsp3) is 0.417. The molecule has 0 bridgehead atoms. The average Bonchev–Trinajstić information content (AvgIpc) is 2.14. The lowest BCUT2D eigenvalue weighted by Gasteiger charge is -2.30. The van der Waals surface area contributed by atoms with Gasteiger partial charge in [0.1, 0.15) is 0 Å². The Kier molecular flexibility index (Phi) is 6.21. The molecule has 0 aromatic heterocycles. The molecule has 2 N–H and O–H groups in total. The van der Waals surface area contributed by atoms with Gasteiger partial charge in [-0.25, -0.2) is 4.79 Å². The first-order chi connectivity index (χ1) is 7.70. The highest BCUT2D eigenvalue weighted by molar-refractivity contribution is 5.89. The maximum Gasteiger partial charge on any atom is 0.376 e. The molecule has 0 fully saturated rings. The number of hydrogen-bond acceptors (Lipinski definition) is 4. The lowest BCUT2D eigenvalue weighted by atomic mass is 10.2. The van der Waals surface area contributed by atoms with Gasteiger partial charge in [-0.2, -0.15) is 0 Å². The molecular weight excluding hydrogens is 349 g/mol. The van der Waals surface area contributed by atoms with Crippen molar-refractivity contribution in [2.24, 2.45) is 0 Å². The minimum absolute atomic E-state index is 0. The van der Waals surface area contributed by atoms with Gasteiger partial charge in [0.2, 0.25) is 0 Å². The van der Waals surface area contributed by atoms with E-state index in [2.05, 4.69) is 4.74 Å². The molecule has 6 heteroatoms. The van der Waals surface area contributed by atoms with E-state index in [-0.39, 0.29) is 40.6 Å². The highest BCUT2D eigenvalue weighted by Gasteiger charge is 2.35. The summed E-state index contributed by atoms with van der Waals surface area (Å²) in [7, 11) is 5.28. The molecule has 0 atom stereocenters. The number of aliphatic hydroxyl groups is 2. The smallest absolute Gasteiger partial charge is 0.376 e. The molecule has 1 aromatic rings. The highest BCUT2D eigenvalue weighted by atomic mass is 127. The number of nitrogens with zero attached hydrogens (tertiary/aromatic N) is 1. The van der Waals surface area contributed by atoms with Crippen molar-refractivity contribution in [3.8, 4) is 0 Å². The van der Waals surface area contributed by atoms with Crippen molar-refractivity contribution < 1.29 is 48.2 Å². The van der Waals surface area contributed by atoms with Gasteiger partial charge in [0.15, 0.2) is 6.54 Å². The van der Waals surface area contributed by atoms with Gasteiger partial charge in [0.05, 0.1) is 26.7 Å². The number of esters is 1. The van der Waals surface area contributed by atoms with E-state index in [1.54, 1.807) is 51.5 Å². The topological polar surface area (TPSA) is 66.8 Å². The van der Waals surface area contributed by atoms with Gasteiger partial charge in [-0.15, -0.1) is 0 Å². The molecule has 0 radical (unpaired) electrons. The van der Waals surface area contributed by atoms with Crippen molar-refractivity contribution in [2.75, 3.05) is 27.7 Å². The number of likely N-dealkylation sites (N-methyl/N-ethyl adjacent to an activating group) is 1. The molecule has 0 saturated heterocycles. The third-order valence-electron chi connectivity index (χ3n) is 1.95. The molecule has 0 saturated carbocycles. The number of carbonyl (C=O) groups excluding carboxylic acids is 1. The number of rotatable bonds is 4. The normalized spacial score (nSPS) is 11.6. The van der Waals surface area contributed by atoms with Crippen LogP contribution in [0.15, 0.2) is 30.3 Å². The van der Waals surface area contributed by atoms with Crippen LogP contribution in [0.5, 0.6) is 0 Å². The van der Waals surface area contributed by atoms with Crippen molar-refractivity contribution in [3.05, 3.63) is 35.9 Å². The Labute approximate surface area is 124 Å². The summed E-state index contributed by atoms with van der Waals surface area (Å²) in [5.41, 5.74) is 0.279. The second-order valence-corrected chi connectivity index (χ2v) is 4.95. The average molecular weight is 367 g/mol. The Morgan fingerprint density at radius 3 is 2.17 bits per heavy atom. The van der Waals surface area contributed by atoms with Crippen LogP contribution < -0.4 is 24.0 Å². The van der Waals surface area contributed by atoms with Crippen LogP contribution in [-0.4, -0.2) is 54.3 Å². The Bertz CT molecular complexity index is 387. The summed E-state index contributed by atoms with van der Waals surface area (Å²) >= 11 is 0. The zero-order valence-electron chi connectivity index (χ0n) is 10.6. The van der Waals surface area contributed by atoms with Gasteiger partial charge in [-0.1, -0.05) is 18.2 Å². The zero-order valence-corrected chi connectivity index (χ0v) is 12.8. The Balaban J connectivity index is 0.00000289. The fourth-order valence-corrected chi connectivity index (χ4v) is 1.43. The van der Waals surface area contributed by atoms with Gasteiger partial charge in [-0.05, 0) is 12.1 Å². The molecular formula is C12H18INO4. The van der Waals surface area contributed by atoms with Crippen molar-refractivity contribution in [3.63, 3.8) is 0 Å². The van der Waals surface area contributed by atoms with Crippen LogP contribution in [-0.2, 0) is 4.74 Å². The SMILES string of the molecule is C[N+](C)(C)CC(O)(O)OC(=O)c1ccccc1.[I-]. The van der Waals surface area contributed by atoms with E-state index in [0.717, 1.165) is 0 Å². The van der Waals surface area contributed by atoms with E-state index in [1.807, 2.05) is 0 Å². The third-order valence-corrected chi connectivity index (χ3v) is 1.95. The van der Waals surface area contributed by atoms with E-state index < -0.39 is 11.9 Å². The first-order valence-electron chi connectivity index (χ1n) is 5.23. The predicted molar refractivity (Wildman–Crippen MR) is 61.9 cm³/mol. The number of benzene rings is 1. The summed E-state index contributed by atoms with van der Waals surface area (Å²) in [6, 6.07) is 8.20. The van der Waals surface area contributed by atoms with E-state index >= 15 is 0 Å². The van der Waals surface area contributed by atoms with E-state index in [9.17, 15) is 15.0 Å². The molecule has 0 aliphatic heterocycles. The van der Waals surface area contributed by atoms with E-state index in [4.69, 9.17) is 0 Å². The van der Waals surface area contributed by atoms with Crippen LogP contribution in [0.25, 0.3) is 0 Å². The maximum absolute atomic E-state index is 11.6. The van der Waals surface area contributed by atoms with Crippen LogP contribution in [0.1, 0.15) is 10.4 Å². The molecule has 0 aliphatic carbocycles. The van der Waals surface area contributed by atoms with Crippen molar-refractivity contribution in [1.82, 2.24) is 0 Å². The minimum atomic E-state index is -2.47. The minimum Gasteiger partial charge on any atom is -1.00 e. The number of hydrogen-bond donors (Lipinski definition) is 2. The molecule has 0 amide bonds. The first-order valence-corrected chi connectivity index (χ1v) is 5.23. The maximum atomic E-state index is 11.6. The molecule has 0 heterocycles. The van der Waals surface area contributed by atoms with Gasteiger partial charge in [0, 0.05) is 0 Å². The number of halogens is 1. The quantitative estimate of drug-likeness (QED) is 0.261. The molecule has 0 unspecified atom stereocenters. The molecule has 5 nitrogen and oxygen atoms in total. The summed E-state index contributed by atoms with van der Waals surface area (Å²) in [5, 5.41) is 19.2. The number of ether oxygens (including phenoxy) is 1. The van der Waals surface area contributed by atoms with E-state index in [0.29, 0.717) is 0 Å².